The summed E-state index contributed by atoms with van der Waals surface area (Å²) in [5.74, 6) is 1.29. The quantitative estimate of drug-likeness (QED) is 0.812. The van der Waals surface area contributed by atoms with Crippen LogP contribution in [0.1, 0.15) is 48.0 Å². The van der Waals surface area contributed by atoms with Crippen molar-refractivity contribution >= 4 is 15.9 Å². The Morgan fingerprint density at radius 3 is 2.52 bits per heavy atom. The predicted molar refractivity (Wildman–Crippen MR) is 113 cm³/mol. The first-order valence-corrected chi connectivity index (χ1v) is 11.9. The van der Waals surface area contributed by atoms with Crippen molar-refractivity contribution in [1.82, 2.24) is 9.62 Å². The largest absolute Gasteiger partial charge is 0.338 e. The van der Waals surface area contributed by atoms with Crippen molar-refractivity contribution in [2.75, 3.05) is 13.1 Å². The fraction of sp³-hybridized carbons (Fsp3) is 0.435. The molecule has 1 N–H and O–H groups in total. The molecule has 2 fully saturated rings. The average molecular weight is 413 g/mol. The Kier molecular flexibility index (Phi) is 6.01. The first-order chi connectivity index (χ1) is 14.0. The van der Waals surface area contributed by atoms with E-state index >= 15 is 0 Å². The van der Waals surface area contributed by atoms with E-state index in [9.17, 15) is 13.2 Å². The van der Waals surface area contributed by atoms with Gasteiger partial charge in [0.1, 0.15) is 0 Å². The molecule has 1 aliphatic heterocycles. The van der Waals surface area contributed by atoms with Gasteiger partial charge in [-0.25, -0.2) is 13.1 Å². The van der Waals surface area contributed by atoms with Crippen molar-refractivity contribution in [2.45, 2.75) is 43.5 Å². The standard InChI is InChI=1S/C23H28N2O3S/c26-23(25-14-13-19-9-4-5-10-21(19)17-25)20-11-6-12-22(15-20)29(27,28)24-16-18-7-2-1-3-8-18/h1-3,6-8,11-12,15,19,21,24H,4-5,9-10,13-14,16-17H2/t19-,21+/m0/s1. The predicted octanol–water partition coefficient (Wildman–Crippen LogP) is 3.82. The first-order valence-electron chi connectivity index (χ1n) is 10.5. The van der Waals surface area contributed by atoms with Gasteiger partial charge in [0.25, 0.3) is 5.91 Å². The van der Waals surface area contributed by atoms with Crippen LogP contribution in [0, 0.1) is 11.8 Å². The number of benzene rings is 2. The van der Waals surface area contributed by atoms with Crippen LogP contribution < -0.4 is 4.72 Å². The molecule has 2 aromatic rings. The van der Waals surface area contributed by atoms with Crippen molar-refractivity contribution in [3.8, 4) is 0 Å². The van der Waals surface area contributed by atoms with Gasteiger partial charge >= 0.3 is 0 Å². The van der Waals surface area contributed by atoms with Crippen LogP contribution in [0.15, 0.2) is 59.5 Å². The van der Waals surface area contributed by atoms with Crippen LogP contribution in [-0.2, 0) is 16.6 Å². The summed E-state index contributed by atoms with van der Waals surface area (Å²) in [7, 11) is -3.68. The Bertz CT molecular complexity index is 959. The molecule has 0 aromatic heterocycles. The smallest absolute Gasteiger partial charge is 0.253 e. The maximum atomic E-state index is 13.0. The van der Waals surface area contributed by atoms with Gasteiger partial charge in [-0.3, -0.25) is 4.79 Å². The Morgan fingerprint density at radius 1 is 0.966 bits per heavy atom. The third-order valence-corrected chi connectivity index (χ3v) is 7.68. The van der Waals surface area contributed by atoms with Crippen LogP contribution >= 0.6 is 0 Å². The fourth-order valence-electron chi connectivity index (χ4n) is 4.62. The van der Waals surface area contributed by atoms with E-state index in [1.165, 1.54) is 37.8 Å². The van der Waals surface area contributed by atoms with Gasteiger partial charge in [-0.15, -0.1) is 0 Å². The van der Waals surface area contributed by atoms with E-state index in [4.69, 9.17) is 0 Å². The molecule has 1 amide bonds. The highest BCUT2D eigenvalue weighted by Crippen LogP contribution is 2.36. The summed E-state index contributed by atoms with van der Waals surface area (Å²) in [6.07, 6.45) is 6.11. The molecule has 1 heterocycles. The highest BCUT2D eigenvalue weighted by molar-refractivity contribution is 7.89. The molecule has 29 heavy (non-hydrogen) atoms. The van der Waals surface area contributed by atoms with Crippen LogP contribution in [0.3, 0.4) is 0 Å². The minimum atomic E-state index is -3.68. The highest BCUT2D eigenvalue weighted by Gasteiger charge is 2.33. The lowest BCUT2D eigenvalue weighted by atomic mass is 9.75. The topological polar surface area (TPSA) is 66.5 Å². The van der Waals surface area contributed by atoms with E-state index < -0.39 is 10.0 Å². The molecule has 6 heteroatoms. The molecule has 2 aromatic carbocycles. The normalized spacial score (nSPS) is 22.1. The minimum absolute atomic E-state index is 0.0610. The minimum Gasteiger partial charge on any atom is -0.338 e. The first kappa shape index (κ1) is 20.1. The molecular formula is C23H28N2O3S. The van der Waals surface area contributed by atoms with Gasteiger partial charge in [0, 0.05) is 25.2 Å². The Hall–Kier alpha value is -2.18. The molecule has 4 rings (SSSR count). The number of amides is 1. The third-order valence-electron chi connectivity index (χ3n) is 6.28. The van der Waals surface area contributed by atoms with Gasteiger partial charge in [-0.05, 0) is 48.4 Å². The number of carbonyl (C=O) groups excluding carboxylic acids is 1. The summed E-state index contributed by atoms with van der Waals surface area (Å²) >= 11 is 0. The second-order valence-electron chi connectivity index (χ2n) is 8.18. The summed E-state index contributed by atoms with van der Waals surface area (Å²) < 4.78 is 28.0. The van der Waals surface area contributed by atoms with Crippen molar-refractivity contribution in [3.05, 3.63) is 65.7 Å². The summed E-state index contributed by atoms with van der Waals surface area (Å²) in [5, 5.41) is 0. The van der Waals surface area contributed by atoms with Crippen molar-refractivity contribution in [1.29, 1.82) is 0 Å². The van der Waals surface area contributed by atoms with Gasteiger partial charge in [0.05, 0.1) is 4.90 Å². The van der Waals surface area contributed by atoms with Gasteiger partial charge in [0.2, 0.25) is 10.0 Å². The van der Waals surface area contributed by atoms with Crippen LogP contribution in [-0.4, -0.2) is 32.3 Å². The molecule has 5 nitrogen and oxygen atoms in total. The molecule has 2 atom stereocenters. The SMILES string of the molecule is O=C(c1cccc(S(=O)(=O)NCc2ccccc2)c1)N1CC[C@@H]2CCCC[C@@H]2C1. The van der Waals surface area contributed by atoms with Crippen molar-refractivity contribution < 1.29 is 13.2 Å². The molecule has 0 bridgehead atoms. The number of hydrogen-bond donors (Lipinski definition) is 1. The lowest BCUT2D eigenvalue weighted by molar-refractivity contribution is 0.0520. The van der Waals surface area contributed by atoms with E-state index in [2.05, 4.69) is 4.72 Å². The zero-order chi connectivity index (χ0) is 20.3. The zero-order valence-electron chi connectivity index (χ0n) is 16.6. The Balaban J connectivity index is 1.45. The fourth-order valence-corrected chi connectivity index (χ4v) is 5.68. The van der Waals surface area contributed by atoms with Crippen molar-refractivity contribution in [2.24, 2.45) is 11.8 Å². The average Bonchev–Trinajstić information content (AvgIpc) is 2.78. The summed E-state index contributed by atoms with van der Waals surface area (Å²) in [6.45, 7) is 1.78. The van der Waals surface area contributed by atoms with Crippen LogP contribution in [0.4, 0.5) is 0 Å². The number of likely N-dealkylation sites (tertiary alicyclic amines) is 1. The lowest BCUT2D eigenvalue weighted by Gasteiger charge is -2.41. The third kappa shape index (κ3) is 4.70. The number of fused-ring (bicyclic) bond motifs is 1. The van der Waals surface area contributed by atoms with Gasteiger partial charge < -0.3 is 4.90 Å². The van der Waals surface area contributed by atoms with E-state index in [0.717, 1.165) is 31.0 Å². The molecule has 1 saturated carbocycles. The number of nitrogens with one attached hydrogen (secondary N) is 1. The van der Waals surface area contributed by atoms with Crippen LogP contribution in [0.2, 0.25) is 0 Å². The van der Waals surface area contributed by atoms with E-state index in [1.807, 2.05) is 35.2 Å². The van der Waals surface area contributed by atoms with Gasteiger partial charge in [-0.1, -0.05) is 55.7 Å². The molecule has 154 valence electrons. The number of hydrogen-bond acceptors (Lipinski definition) is 3. The summed E-state index contributed by atoms with van der Waals surface area (Å²) in [6, 6.07) is 15.8. The molecule has 0 radical (unpaired) electrons. The number of rotatable bonds is 5. The molecule has 1 aliphatic carbocycles. The van der Waals surface area contributed by atoms with Gasteiger partial charge in [-0.2, -0.15) is 0 Å². The molecule has 0 unspecified atom stereocenters. The number of piperidine rings is 1. The summed E-state index contributed by atoms with van der Waals surface area (Å²) in [4.78, 5) is 15.1. The lowest BCUT2D eigenvalue weighted by Crippen LogP contribution is -2.44. The Labute approximate surface area is 173 Å². The second-order valence-corrected chi connectivity index (χ2v) is 9.95. The Morgan fingerprint density at radius 2 is 1.72 bits per heavy atom. The molecular weight excluding hydrogens is 384 g/mol. The molecule has 1 saturated heterocycles. The molecule has 0 spiro atoms. The van der Waals surface area contributed by atoms with E-state index in [-0.39, 0.29) is 17.3 Å². The number of nitrogens with zero attached hydrogens (tertiary/aromatic N) is 1. The maximum absolute atomic E-state index is 13.0. The maximum Gasteiger partial charge on any atom is 0.253 e. The molecule has 2 aliphatic rings. The number of sulfonamides is 1. The highest BCUT2D eigenvalue weighted by atomic mass is 32.2. The van der Waals surface area contributed by atoms with Crippen LogP contribution in [0.25, 0.3) is 0 Å². The van der Waals surface area contributed by atoms with Gasteiger partial charge in [0.15, 0.2) is 0 Å². The summed E-state index contributed by atoms with van der Waals surface area (Å²) in [5.41, 5.74) is 1.33. The van der Waals surface area contributed by atoms with Crippen LogP contribution in [0.5, 0.6) is 0 Å². The second kappa shape index (κ2) is 8.67. The van der Waals surface area contributed by atoms with Crippen molar-refractivity contribution in [3.63, 3.8) is 0 Å². The van der Waals surface area contributed by atoms with E-state index in [0.29, 0.717) is 11.5 Å². The van der Waals surface area contributed by atoms with E-state index in [1.54, 1.807) is 12.1 Å². The number of carbonyl (C=O) groups is 1. The monoisotopic (exact) mass is 412 g/mol. The zero-order valence-corrected chi connectivity index (χ0v) is 17.4.